The van der Waals surface area contributed by atoms with Crippen LogP contribution in [0.25, 0.3) is 0 Å². The molecule has 2 aromatic heterocycles. The lowest BCUT2D eigenvalue weighted by molar-refractivity contribution is 0.0690. The van der Waals surface area contributed by atoms with Crippen LogP contribution in [0.15, 0.2) is 36.5 Å². The van der Waals surface area contributed by atoms with Gasteiger partial charge < -0.3 is 15.3 Å². The van der Waals surface area contributed by atoms with Gasteiger partial charge in [0.2, 0.25) is 0 Å². The van der Waals surface area contributed by atoms with Gasteiger partial charge in [-0.2, -0.15) is 0 Å². The van der Waals surface area contributed by atoms with Crippen molar-refractivity contribution < 1.29 is 9.90 Å². The molecule has 1 saturated heterocycles. The average Bonchev–Trinajstić information content (AvgIpc) is 3.08. The Kier molecular flexibility index (Phi) is 4.18. The van der Waals surface area contributed by atoms with E-state index in [1.165, 1.54) is 18.9 Å². The first-order valence-corrected chi connectivity index (χ1v) is 7.36. The van der Waals surface area contributed by atoms with Crippen molar-refractivity contribution >= 4 is 17.6 Å². The lowest BCUT2D eigenvalue weighted by atomic mass is 10.2. The van der Waals surface area contributed by atoms with E-state index in [1.807, 2.05) is 12.3 Å². The van der Waals surface area contributed by atoms with Crippen LogP contribution in [-0.2, 0) is 6.54 Å². The standard InChI is InChI=1S/C16H18N4O2/c21-16(22)13-4-3-5-14(19-13)18-11-12-6-7-17-15(10-12)20-8-1-2-9-20/h3-7,10H,1-2,8-9,11H2,(H,18,19)(H,21,22). The van der Waals surface area contributed by atoms with Crippen molar-refractivity contribution in [2.45, 2.75) is 19.4 Å². The Bertz CT molecular complexity index is 669. The van der Waals surface area contributed by atoms with Crippen molar-refractivity contribution in [1.82, 2.24) is 9.97 Å². The summed E-state index contributed by atoms with van der Waals surface area (Å²) < 4.78 is 0. The summed E-state index contributed by atoms with van der Waals surface area (Å²) in [7, 11) is 0. The number of carbonyl (C=O) groups is 1. The van der Waals surface area contributed by atoms with E-state index < -0.39 is 5.97 Å². The van der Waals surface area contributed by atoms with Gasteiger partial charge in [-0.1, -0.05) is 6.07 Å². The van der Waals surface area contributed by atoms with Crippen molar-refractivity contribution in [2.75, 3.05) is 23.3 Å². The molecule has 0 atom stereocenters. The Hall–Kier alpha value is -2.63. The summed E-state index contributed by atoms with van der Waals surface area (Å²) in [5, 5.41) is 12.1. The fourth-order valence-corrected chi connectivity index (χ4v) is 2.53. The van der Waals surface area contributed by atoms with E-state index in [1.54, 1.807) is 12.1 Å². The molecule has 2 N–H and O–H groups in total. The number of rotatable bonds is 5. The maximum absolute atomic E-state index is 10.9. The number of nitrogens with zero attached hydrogens (tertiary/aromatic N) is 3. The zero-order chi connectivity index (χ0) is 15.4. The Balaban J connectivity index is 1.67. The molecule has 0 aromatic carbocycles. The second-order valence-corrected chi connectivity index (χ2v) is 5.28. The Morgan fingerprint density at radius 1 is 1.27 bits per heavy atom. The Labute approximate surface area is 128 Å². The first-order chi connectivity index (χ1) is 10.7. The number of aromatic carboxylic acids is 1. The largest absolute Gasteiger partial charge is 0.477 e. The fourth-order valence-electron chi connectivity index (χ4n) is 2.53. The highest BCUT2D eigenvalue weighted by Gasteiger charge is 2.13. The van der Waals surface area contributed by atoms with Crippen molar-refractivity contribution in [3.8, 4) is 0 Å². The summed E-state index contributed by atoms with van der Waals surface area (Å²) >= 11 is 0. The van der Waals surface area contributed by atoms with E-state index in [9.17, 15) is 4.79 Å². The van der Waals surface area contributed by atoms with Crippen LogP contribution in [0.1, 0.15) is 28.9 Å². The van der Waals surface area contributed by atoms with Crippen molar-refractivity contribution in [1.29, 1.82) is 0 Å². The molecule has 0 radical (unpaired) electrons. The van der Waals surface area contributed by atoms with Crippen LogP contribution in [0.3, 0.4) is 0 Å². The smallest absolute Gasteiger partial charge is 0.354 e. The molecule has 0 bridgehead atoms. The molecule has 3 rings (SSSR count). The highest BCUT2D eigenvalue weighted by atomic mass is 16.4. The Morgan fingerprint density at radius 2 is 2.09 bits per heavy atom. The highest BCUT2D eigenvalue weighted by Crippen LogP contribution is 2.19. The maximum atomic E-state index is 10.9. The summed E-state index contributed by atoms with van der Waals surface area (Å²) in [4.78, 5) is 21.7. The van der Waals surface area contributed by atoms with E-state index in [2.05, 4.69) is 26.3 Å². The fraction of sp³-hybridized carbons (Fsp3) is 0.312. The third kappa shape index (κ3) is 3.33. The van der Waals surface area contributed by atoms with E-state index in [4.69, 9.17) is 5.11 Å². The normalized spacial score (nSPS) is 14.1. The molecule has 22 heavy (non-hydrogen) atoms. The lowest BCUT2D eigenvalue weighted by Gasteiger charge is -2.17. The average molecular weight is 298 g/mol. The second-order valence-electron chi connectivity index (χ2n) is 5.28. The molecule has 6 nitrogen and oxygen atoms in total. The number of anilines is 2. The first kappa shape index (κ1) is 14.3. The van der Waals surface area contributed by atoms with E-state index in [0.29, 0.717) is 12.4 Å². The third-order valence-electron chi connectivity index (χ3n) is 3.68. The summed E-state index contributed by atoms with van der Waals surface area (Å²) in [6, 6.07) is 8.94. The SMILES string of the molecule is O=C(O)c1cccc(NCc2ccnc(N3CCCC3)c2)n1. The van der Waals surface area contributed by atoms with Crippen molar-refractivity contribution in [3.05, 3.63) is 47.8 Å². The van der Waals surface area contributed by atoms with Gasteiger partial charge >= 0.3 is 5.97 Å². The van der Waals surface area contributed by atoms with Crippen LogP contribution in [0.2, 0.25) is 0 Å². The molecule has 0 unspecified atom stereocenters. The quantitative estimate of drug-likeness (QED) is 0.882. The minimum Gasteiger partial charge on any atom is -0.477 e. The molecule has 1 aliphatic rings. The van der Waals surface area contributed by atoms with Gasteiger partial charge in [0.25, 0.3) is 0 Å². The van der Waals surface area contributed by atoms with Gasteiger partial charge in [0.15, 0.2) is 5.69 Å². The van der Waals surface area contributed by atoms with E-state index >= 15 is 0 Å². The van der Waals surface area contributed by atoms with Crippen LogP contribution in [0.4, 0.5) is 11.6 Å². The topological polar surface area (TPSA) is 78.3 Å². The number of hydrogen-bond acceptors (Lipinski definition) is 5. The van der Waals surface area contributed by atoms with Crippen LogP contribution in [0, 0.1) is 0 Å². The van der Waals surface area contributed by atoms with Crippen molar-refractivity contribution in [3.63, 3.8) is 0 Å². The molecular weight excluding hydrogens is 280 g/mol. The summed E-state index contributed by atoms with van der Waals surface area (Å²) in [5.74, 6) is 0.535. The predicted octanol–water partition coefficient (Wildman–Crippen LogP) is 2.39. The number of carboxylic acid groups (broad SMARTS) is 1. The van der Waals surface area contributed by atoms with Crippen LogP contribution < -0.4 is 10.2 Å². The van der Waals surface area contributed by atoms with Crippen LogP contribution >= 0.6 is 0 Å². The first-order valence-electron chi connectivity index (χ1n) is 7.36. The molecule has 0 aliphatic carbocycles. The van der Waals surface area contributed by atoms with Gasteiger partial charge in [-0.15, -0.1) is 0 Å². The maximum Gasteiger partial charge on any atom is 0.354 e. The van der Waals surface area contributed by atoms with Gasteiger partial charge in [-0.3, -0.25) is 0 Å². The number of pyridine rings is 2. The van der Waals surface area contributed by atoms with Gasteiger partial charge in [-0.05, 0) is 42.7 Å². The molecule has 1 fully saturated rings. The van der Waals surface area contributed by atoms with Crippen LogP contribution in [0.5, 0.6) is 0 Å². The van der Waals surface area contributed by atoms with Gasteiger partial charge in [0.05, 0.1) is 0 Å². The minimum atomic E-state index is -1.02. The van der Waals surface area contributed by atoms with E-state index in [-0.39, 0.29) is 5.69 Å². The molecule has 1 aliphatic heterocycles. The van der Waals surface area contributed by atoms with Gasteiger partial charge in [0.1, 0.15) is 11.6 Å². The molecule has 2 aromatic rings. The monoisotopic (exact) mass is 298 g/mol. The molecule has 114 valence electrons. The molecule has 6 heteroatoms. The number of carboxylic acids is 1. The summed E-state index contributed by atoms with van der Waals surface area (Å²) in [5.41, 5.74) is 1.14. The number of aromatic nitrogens is 2. The zero-order valence-corrected chi connectivity index (χ0v) is 12.2. The second kappa shape index (κ2) is 6.43. The van der Waals surface area contributed by atoms with Gasteiger partial charge in [-0.25, -0.2) is 14.8 Å². The minimum absolute atomic E-state index is 0.0393. The molecule has 0 saturated carbocycles. The highest BCUT2D eigenvalue weighted by molar-refractivity contribution is 5.85. The summed E-state index contributed by atoms with van der Waals surface area (Å²) in [6.07, 6.45) is 4.25. The van der Waals surface area contributed by atoms with Crippen LogP contribution in [-0.4, -0.2) is 34.1 Å². The molecule has 0 spiro atoms. The lowest BCUT2D eigenvalue weighted by Crippen LogP contribution is -2.19. The van der Waals surface area contributed by atoms with E-state index in [0.717, 1.165) is 24.5 Å². The molecule has 0 amide bonds. The third-order valence-corrected chi connectivity index (χ3v) is 3.68. The zero-order valence-electron chi connectivity index (χ0n) is 12.2. The van der Waals surface area contributed by atoms with Gasteiger partial charge in [0, 0.05) is 25.8 Å². The molecule has 3 heterocycles. The molecular formula is C16H18N4O2. The number of nitrogens with one attached hydrogen (secondary N) is 1. The van der Waals surface area contributed by atoms with Crippen molar-refractivity contribution in [2.24, 2.45) is 0 Å². The predicted molar refractivity (Wildman–Crippen MR) is 84.2 cm³/mol. The summed E-state index contributed by atoms with van der Waals surface area (Å²) in [6.45, 7) is 2.71. The Morgan fingerprint density at radius 3 is 2.86 bits per heavy atom. The number of hydrogen-bond donors (Lipinski definition) is 2.